The first-order chi connectivity index (χ1) is 7.66. The summed E-state index contributed by atoms with van der Waals surface area (Å²) in [6, 6.07) is 5.38. The van der Waals surface area contributed by atoms with Gasteiger partial charge in [0, 0.05) is 6.04 Å². The van der Waals surface area contributed by atoms with E-state index in [1.54, 1.807) is 13.1 Å². The molecular formula is C13H18F3N. The Bertz CT molecular complexity index is 377. The number of alkyl halides is 3. The van der Waals surface area contributed by atoms with E-state index in [1.807, 2.05) is 20.8 Å². The zero-order valence-electron chi connectivity index (χ0n) is 10.5. The van der Waals surface area contributed by atoms with E-state index in [1.165, 1.54) is 12.1 Å². The van der Waals surface area contributed by atoms with Gasteiger partial charge in [0.1, 0.15) is 0 Å². The summed E-state index contributed by atoms with van der Waals surface area (Å²) in [4.78, 5) is 0. The second kappa shape index (κ2) is 4.69. The van der Waals surface area contributed by atoms with Crippen molar-refractivity contribution in [2.75, 3.05) is 7.05 Å². The zero-order chi connectivity index (χ0) is 13.3. The second-order valence-corrected chi connectivity index (χ2v) is 5.21. The molecular weight excluding hydrogens is 227 g/mol. The highest BCUT2D eigenvalue weighted by Crippen LogP contribution is 2.35. The van der Waals surface area contributed by atoms with E-state index < -0.39 is 11.7 Å². The van der Waals surface area contributed by atoms with Gasteiger partial charge in [-0.3, -0.25) is 0 Å². The average Bonchev–Trinajstić information content (AvgIpc) is 2.15. The van der Waals surface area contributed by atoms with Crippen molar-refractivity contribution in [2.45, 2.75) is 33.0 Å². The third-order valence-corrected chi connectivity index (χ3v) is 2.70. The molecule has 1 aromatic rings. The molecule has 0 heterocycles. The van der Waals surface area contributed by atoms with Crippen LogP contribution in [0.1, 0.15) is 37.9 Å². The summed E-state index contributed by atoms with van der Waals surface area (Å²) < 4.78 is 37.8. The van der Waals surface area contributed by atoms with Crippen molar-refractivity contribution in [3.05, 3.63) is 35.4 Å². The Morgan fingerprint density at radius 2 is 1.71 bits per heavy atom. The van der Waals surface area contributed by atoms with Gasteiger partial charge in [0.15, 0.2) is 0 Å². The summed E-state index contributed by atoms with van der Waals surface area (Å²) in [6.45, 7) is 5.98. The number of hydrogen-bond acceptors (Lipinski definition) is 1. The van der Waals surface area contributed by atoms with Crippen molar-refractivity contribution in [1.29, 1.82) is 0 Å². The van der Waals surface area contributed by atoms with Crippen molar-refractivity contribution in [3.63, 3.8) is 0 Å². The molecule has 4 heteroatoms. The van der Waals surface area contributed by atoms with E-state index in [0.717, 1.165) is 6.07 Å². The van der Waals surface area contributed by atoms with Crippen LogP contribution >= 0.6 is 0 Å². The molecule has 1 aromatic carbocycles. The van der Waals surface area contributed by atoms with E-state index in [-0.39, 0.29) is 11.5 Å². The van der Waals surface area contributed by atoms with Crippen LogP contribution in [0.25, 0.3) is 0 Å². The van der Waals surface area contributed by atoms with Crippen LogP contribution in [0.2, 0.25) is 0 Å². The number of halogens is 3. The first-order valence-corrected chi connectivity index (χ1v) is 5.50. The Hall–Kier alpha value is -1.03. The molecule has 1 N–H and O–H groups in total. The minimum absolute atomic E-state index is 0.107. The van der Waals surface area contributed by atoms with Gasteiger partial charge in [-0.05, 0) is 30.2 Å². The molecule has 1 atom stereocenters. The van der Waals surface area contributed by atoms with E-state index in [4.69, 9.17) is 0 Å². The van der Waals surface area contributed by atoms with Crippen LogP contribution in [-0.4, -0.2) is 7.05 Å². The molecule has 0 aliphatic carbocycles. The highest BCUT2D eigenvalue weighted by molar-refractivity contribution is 5.29. The number of rotatable bonds is 2. The standard InChI is InChI=1S/C13H18F3N/c1-12(2,3)11(17-4)9-6-5-7-10(8-9)13(14,15)16/h5-8,11,17H,1-4H3. The molecule has 0 radical (unpaired) electrons. The number of benzene rings is 1. The Kier molecular flexibility index (Phi) is 3.87. The summed E-state index contributed by atoms with van der Waals surface area (Å²) in [5.41, 5.74) is -0.0757. The summed E-state index contributed by atoms with van der Waals surface area (Å²) in [5.74, 6) is 0. The molecule has 0 aliphatic rings. The molecule has 0 fully saturated rings. The molecule has 0 aliphatic heterocycles. The van der Waals surface area contributed by atoms with Crippen LogP contribution in [0.3, 0.4) is 0 Å². The first-order valence-electron chi connectivity index (χ1n) is 5.50. The topological polar surface area (TPSA) is 12.0 Å². The van der Waals surface area contributed by atoms with Crippen LogP contribution in [0, 0.1) is 5.41 Å². The van der Waals surface area contributed by atoms with Gasteiger partial charge in [0.25, 0.3) is 0 Å². The van der Waals surface area contributed by atoms with Crippen molar-refractivity contribution < 1.29 is 13.2 Å². The van der Waals surface area contributed by atoms with Crippen LogP contribution in [0.4, 0.5) is 13.2 Å². The second-order valence-electron chi connectivity index (χ2n) is 5.21. The third-order valence-electron chi connectivity index (χ3n) is 2.70. The Morgan fingerprint density at radius 3 is 2.12 bits per heavy atom. The lowest BCUT2D eigenvalue weighted by Gasteiger charge is -2.31. The summed E-state index contributed by atoms with van der Waals surface area (Å²) in [6.07, 6.45) is -4.29. The van der Waals surface area contributed by atoms with Gasteiger partial charge >= 0.3 is 6.18 Å². The third kappa shape index (κ3) is 3.46. The molecule has 0 saturated heterocycles. The molecule has 17 heavy (non-hydrogen) atoms. The lowest BCUT2D eigenvalue weighted by molar-refractivity contribution is -0.137. The van der Waals surface area contributed by atoms with Crippen molar-refractivity contribution >= 4 is 0 Å². The fourth-order valence-electron chi connectivity index (χ4n) is 1.99. The first kappa shape index (κ1) is 14.0. The van der Waals surface area contributed by atoms with E-state index in [9.17, 15) is 13.2 Å². The minimum atomic E-state index is -4.29. The van der Waals surface area contributed by atoms with Gasteiger partial charge in [0.2, 0.25) is 0 Å². The molecule has 0 bridgehead atoms. The van der Waals surface area contributed by atoms with Crippen LogP contribution < -0.4 is 5.32 Å². The van der Waals surface area contributed by atoms with E-state index >= 15 is 0 Å². The minimum Gasteiger partial charge on any atom is -0.313 e. The summed E-state index contributed by atoms with van der Waals surface area (Å²) in [7, 11) is 1.76. The predicted octanol–water partition coefficient (Wildman–Crippen LogP) is 4.01. The Labute approximate surface area is 100 Å². The fraction of sp³-hybridized carbons (Fsp3) is 0.538. The van der Waals surface area contributed by atoms with Crippen LogP contribution in [-0.2, 0) is 6.18 Å². The predicted molar refractivity (Wildman–Crippen MR) is 62.7 cm³/mol. The van der Waals surface area contributed by atoms with Crippen LogP contribution in [0.15, 0.2) is 24.3 Å². The van der Waals surface area contributed by atoms with E-state index in [0.29, 0.717) is 5.56 Å². The van der Waals surface area contributed by atoms with Gasteiger partial charge in [-0.25, -0.2) is 0 Å². The van der Waals surface area contributed by atoms with Gasteiger partial charge in [-0.15, -0.1) is 0 Å². The summed E-state index contributed by atoms with van der Waals surface area (Å²) >= 11 is 0. The quantitative estimate of drug-likeness (QED) is 0.830. The maximum Gasteiger partial charge on any atom is 0.416 e. The molecule has 0 spiro atoms. The Morgan fingerprint density at radius 1 is 1.12 bits per heavy atom. The fourth-order valence-corrected chi connectivity index (χ4v) is 1.99. The van der Waals surface area contributed by atoms with E-state index in [2.05, 4.69) is 5.32 Å². The maximum absolute atomic E-state index is 12.6. The van der Waals surface area contributed by atoms with Gasteiger partial charge in [-0.1, -0.05) is 32.9 Å². The SMILES string of the molecule is CNC(c1cccc(C(F)(F)F)c1)C(C)(C)C. The lowest BCUT2D eigenvalue weighted by Crippen LogP contribution is -2.29. The van der Waals surface area contributed by atoms with Gasteiger partial charge in [-0.2, -0.15) is 13.2 Å². The number of hydrogen-bond donors (Lipinski definition) is 1. The smallest absolute Gasteiger partial charge is 0.313 e. The molecule has 1 nitrogen and oxygen atoms in total. The monoisotopic (exact) mass is 245 g/mol. The van der Waals surface area contributed by atoms with Crippen molar-refractivity contribution in [3.8, 4) is 0 Å². The summed E-state index contributed by atoms with van der Waals surface area (Å²) in [5, 5.41) is 3.07. The molecule has 1 rings (SSSR count). The van der Waals surface area contributed by atoms with Crippen LogP contribution in [0.5, 0.6) is 0 Å². The average molecular weight is 245 g/mol. The highest BCUT2D eigenvalue weighted by atomic mass is 19.4. The van der Waals surface area contributed by atoms with Crippen molar-refractivity contribution in [2.24, 2.45) is 5.41 Å². The largest absolute Gasteiger partial charge is 0.416 e. The van der Waals surface area contributed by atoms with Gasteiger partial charge < -0.3 is 5.32 Å². The Balaban J connectivity index is 3.15. The van der Waals surface area contributed by atoms with Gasteiger partial charge in [0.05, 0.1) is 5.56 Å². The molecule has 0 aromatic heterocycles. The molecule has 0 amide bonds. The van der Waals surface area contributed by atoms with Crippen molar-refractivity contribution in [1.82, 2.24) is 5.32 Å². The lowest BCUT2D eigenvalue weighted by atomic mass is 9.82. The molecule has 1 unspecified atom stereocenters. The molecule has 96 valence electrons. The normalized spacial score (nSPS) is 14.8. The number of nitrogens with one attached hydrogen (secondary N) is 1. The highest BCUT2D eigenvalue weighted by Gasteiger charge is 2.32. The maximum atomic E-state index is 12.6. The molecule has 0 saturated carbocycles. The zero-order valence-corrected chi connectivity index (χ0v) is 10.5.